The number of rotatable bonds is 6. The number of amides is 1. The second-order valence-corrected chi connectivity index (χ2v) is 5.16. The van der Waals surface area contributed by atoms with Gasteiger partial charge in [0.25, 0.3) is 5.91 Å². The fraction of sp³-hybridized carbons (Fsp3) is 0.176. The Morgan fingerprint density at radius 1 is 1.12 bits per heavy atom. The van der Waals surface area contributed by atoms with Crippen molar-refractivity contribution in [2.75, 3.05) is 20.2 Å². The number of likely N-dealkylation sites (N-methyl/N-ethyl adjacent to an activating group) is 1. The van der Waals surface area contributed by atoms with Crippen LogP contribution >= 0.6 is 0 Å². The lowest BCUT2D eigenvalue weighted by Gasteiger charge is -2.19. The Bertz CT molecular complexity index is 790. The molecule has 1 heterocycles. The maximum absolute atomic E-state index is 12.7. The van der Waals surface area contributed by atoms with Crippen molar-refractivity contribution in [1.82, 2.24) is 25.1 Å². The number of benzene rings is 2. The van der Waals surface area contributed by atoms with Crippen LogP contribution in [0, 0.1) is 0 Å². The number of carbonyl (C=O) groups excluding carboxylic acids is 1. The molecule has 0 N–H and O–H groups in total. The fourth-order valence-electron chi connectivity index (χ4n) is 2.25. The molecule has 0 radical (unpaired) electrons. The van der Waals surface area contributed by atoms with Gasteiger partial charge in [-0.2, -0.15) is 4.68 Å². The van der Waals surface area contributed by atoms with Crippen molar-refractivity contribution in [1.29, 1.82) is 0 Å². The summed E-state index contributed by atoms with van der Waals surface area (Å²) >= 11 is 0. The molecule has 0 aliphatic heterocycles. The maximum atomic E-state index is 12.7. The minimum Gasteiger partial charge on any atom is -0.492 e. The standard InChI is InChI=1S/C17H17N5O2/c1-21(11-12-24-14-7-3-2-4-8-14)17(23)15-9-5-6-10-16(15)22-13-18-19-20-22/h2-10,13H,11-12H2,1H3. The van der Waals surface area contributed by atoms with E-state index in [1.807, 2.05) is 42.5 Å². The summed E-state index contributed by atoms with van der Waals surface area (Å²) in [5.74, 6) is 0.671. The molecule has 3 rings (SSSR count). The van der Waals surface area contributed by atoms with Crippen molar-refractivity contribution in [3.63, 3.8) is 0 Å². The second-order valence-electron chi connectivity index (χ2n) is 5.16. The van der Waals surface area contributed by atoms with E-state index in [2.05, 4.69) is 15.5 Å². The Morgan fingerprint density at radius 3 is 2.62 bits per heavy atom. The smallest absolute Gasteiger partial charge is 0.255 e. The van der Waals surface area contributed by atoms with Crippen molar-refractivity contribution >= 4 is 5.91 Å². The van der Waals surface area contributed by atoms with Gasteiger partial charge in [0.2, 0.25) is 0 Å². The predicted molar refractivity (Wildman–Crippen MR) is 88.1 cm³/mol. The van der Waals surface area contributed by atoms with E-state index in [4.69, 9.17) is 4.74 Å². The molecule has 2 aromatic carbocycles. The SMILES string of the molecule is CN(CCOc1ccccc1)C(=O)c1ccccc1-n1cnnn1. The maximum Gasteiger partial charge on any atom is 0.255 e. The number of nitrogens with zero attached hydrogens (tertiary/aromatic N) is 5. The molecule has 1 amide bonds. The molecule has 0 spiro atoms. The summed E-state index contributed by atoms with van der Waals surface area (Å²) in [6.45, 7) is 0.886. The molecule has 3 aromatic rings. The van der Waals surface area contributed by atoms with Crippen molar-refractivity contribution in [2.45, 2.75) is 0 Å². The molecule has 0 aliphatic carbocycles. The summed E-state index contributed by atoms with van der Waals surface area (Å²) in [7, 11) is 1.74. The highest BCUT2D eigenvalue weighted by Gasteiger charge is 2.17. The Labute approximate surface area is 139 Å². The Kier molecular flexibility index (Phi) is 4.81. The molecule has 0 aliphatic rings. The highest BCUT2D eigenvalue weighted by atomic mass is 16.5. The molecule has 0 bridgehead atoms. The van der Waals surface area contributed by atoms with Crippen LogP contribution in [0.5, 0.6) is 5.75 Å². The third-order valence-corrected chi connectivity index (χ3v) is 3.52. The van der Waals surface area contributed by atoms with Gasteiger partial charge in [0.15, 0.2) is 0 Å². The molecule has 0 saturated carbocycles. The van der Waals surface area contributed by atoms with Gasteiger partial charge in [-0.3, -0.25) is 4.79 Å². The van der Waals surface area contributed by atoms with Crippen LogP contribution in [0.25, 0.3) is 5.69 Å². The number of ether oxygens (including phenoxy) is 1. The third-order valence-electron chi connectivity index (χ3n) is 3.52. The van der Waals surface area contributed by atoms with Gasteiger partial charge in [-0.05, 0) is 34.7 Å². The molecule has 7 nitrogen and oxygen atoms in total. The Hall–Kier alpha value is -3.22. The van der Waals surface area contributed by atoms with Crippen molar-refractivity contribution in [3.05, 3.63) is 66.5 Å². The Balaban J connectivity index is 1.66. The average molecular weight is 323 g/mol. The van der Waals surface area contributed by atoms with Crippen LogP contribution in [0.3, 0.4) is 0 Å². The minimum atomic E-state index is -0.113. The van der Waals surface area contributed by atoms with Crippen molar-refractivity contribution < 1.29 is 9.53 Å². The van der Waals surface area contributed by atoms with E-state index in [9.17, 15) is 4.79 Å². The van der Waals surface area contributed by atoms with Crippen LogP contribution in [0.15, 0.2) is 60.9 Å². The van der Waals surface area contributed by atoms with Crippen LogP contribution in [0.4, 0.5) is 0 Å². The molecule has 1 aromatic heterocycles. The highest BCUT2D eigenvalue weighted by molar-refractivity contribution is 5.97. The first kappa shape index (κ1) is 15.7. The van der Waals surface area contributed by atoms with E-state index in [-0.39, 0.29) is 5.91 Å². The third kappa shape index (κ3) is 3.57. The van der Waals surface area contributed by atoms with E-state index >= 15 is 0 Å². The number of aromatic nitrogens is 4. The van der Waals surface area contributed by atoms with Gasteiger partial charge in [-0.1, -0.05) is 30.3 Å². The minimum absolute atomic E-state index is 0.113. The first-order chi connectivity index (χ1) is 11.8. The lowest BCUT2D eigenvalue weighted by atomic mass is 10.1. The lowest BCUT2D eigenvalue weighted by molar-refractivity contribution is 0.0773. The molecule has 0 fully saturated rings. The summed E-state index contributed by atoms with van der Waals surface area (Å²) in [6, 6.07) is 16.7. The molecule has 7 heteroatoms. The molecular formula is C17H17N5O2. The van der Waals surface area contributed by atoms with Crippen molar-refractivity contribution in [2.24, 2.45) is 0 Å². The highest BCUT2D eigenvalue weighted by Crippen LogP contribution is 2.15. The van der Waals surface area contributed by atoms with Crippen LogP contribution in [-0.4, -0.2) is 51.2 Å². The summed E-state index contributed by atoms with van der Waals surface area (Å²) in [5, 5.41) is 11.1. The number of tetrazole rings is 1. The van der Waals surface area contributed by atoms with Gasteiger partial charge in [0.1, 0.15) is 18.7 Å². The van der Waals surface area contributed by atoms with E-state index in [0.717, 1.165) is 5.75 Å². The number of hydrogen-bond donors (Lipinski definition) is 0. The topological polar surface area (TPSA) is 73.1 Å². The molecule has 0 unspecified atom stereocenters. The number of hydrogen-bond acceptors (Lipinski definition) is 5. The quantitative estimate of drug-likeness (QED) is 0.692. The van der Waals surface area contributed by atoms with Crippen LogP contribution in [0.1, 0.15) is 10.4 Å². The number of para-hydroxylation sites is 2. The molecule has 0 atom stereocenters. The summed E-state index contributed by atoms with van der Waals surface area (Å²) in [4.78, 5) is 14.3. The van der Waals surface area contributed by atoms with Gasteiger partial charge < -0.3 is 9.64 Å². The zero-order valence-corrected chi connectivity index (χ0v) is 13.2. The van der Waals surface area contributed by atoms with Gasteiger partial charge >= 0.3 is 0 Å². The number of carbonyl (C=O) groups is 1. The van der Waals surface area contributed by atoms with Gasteiger partial charge in [-0.15, -0.1) is 5.10 Å². The molecule has 0 saturated heterocycles. The Morgan fingerprint density at radius 2 is 1.88 bits per heavy atom. The zero-order chi connectivity index (χ0) is 16.8. The van der Waals surface area contributed by atoms with Crippen LogP contribution in [-0.2, 0) is 0 Å². The average Bonchev–Trinajstić information content (AvgIpc) is 3.16. The molecular weight excluding hydrogens is 306 g/mol. The first-order valence-corrected chi connectivity index (χ1v) is 7.51. The summed E-state index contributed by atoms with van der Waals surface area (Å²) in [6.07, 6.45) is 1.46. The first-order valence-electron chi connectivity index (χ1n) is 7.51. The largest absolute Gasteiger partial charge is 0.492 e. The second kappa shape index (κ2) is 7.36. The van der Waals surface area contributed by atoms with E-state index in [1.165, 1.54) is 11.0 Å². The van der Waals surface area contributed by atoms with E-state index in [1.54, 1.807) is 24.1 Å². The zero-order valence-electron chi connectivity index (χ0n) is 13.2. The lowest BCUT2D eigenvalue weighted by Crippen LogP contribution is -2.31. The predicted octanol–water partition coefficient (Wildman–Crippen LogP) is 1.81. The summed E-state index contributed by atoms with van der Waals surface area (Å²) in [5.41, 5.74) is 1.18. The van der Waals surface area contributed by atoms with Crippen LogP contribution in [0.2, 0.25) is 0 Å². The van der Waals surface area contributed by atoms with Crippen molar-refractivity contribution in [3.8, 4) is 11.4 Å². The van der Waals surface area contributed by atoms with E-state index < -0.39 is 0 Å². The summed E-state index contributed by atoms with van der Waals surface area (Å²) < 4.78 is 7.11. The molecule has 122 valence electrons. The van der Waals surface area contributed by atoms with Gasteiger partial charge in [-0.25, -0.2) is 0 Å². The molecule has 24 heavy (non-hydrogen) atoms. The normalized spacial score (nSPS) is 10.4. The van der Waals surface area contributed by atoms with Crippen LogP contribution < -0.4 is 4.74 Å². The monoisotopic (exact) mass is 323 g/mol. The van der Waals surface area contributed by atoms with E-state index in [0.29, 0.717) is 24.4 Å². The fourth-order valence-corrected chi connectivity index (χ4v) is 2.25. The van der Waals surface area contributed by atoms with Gasteiger partial charge in [0.05, 0.1) is 17.8 Å². The van der Waals surface area contributed by atoms with Gasteiger partial charge in [0, 0.05) is 7.05 Å².